The number of aryl methyl sites for hydroxylation is 1. The van der Waals surface area contributed by atoms with E-state index >= 15 is 0 Å². The highest BCUT2D eigenvalue weighted by molar-refractivity contribution is 7.19. The van der Waals surface area contributed by atoms with Crippen molar-refractivity contribution in [2.24, 2.45) is 0 Å². The summed E-state index contributed by atoms with van der Waals surface area (Å²) < 4.78 is 32.5. The quantitative estimate of drug-likeness (QED) is 0.386. The lowest BCUT2D eigenvalue weighted by molar-refractivity contribution is -0.156. The van der Waals surface area contributed by atoms with Crippen LogP contribution >= 0.6 is 11.3 Å². The maximum absolute atomic E-state index is 12.7. The fourth-order valence-electron chi connectivity index (χ4n) is 3.69. The summed E-state index contributed by atoms with van der Waals surface area (Å²) in [7, 11) is 3.62. The van der Waals surface area contributed by atoms with Gasteiger partial charge in [-0.25, -0.2) is 4.98 Å². The average Bonchev–Trinajstić information content (AvgIpc) is 3.17. The summed E-state index contributed by atoms with van der Waals surface area (Å²) >= 11 is 1.74. The summed E-state index contributed by atoms with van der Waals surface area (Å²) in [5, 5.41) is 4.47. The first-order valence-electron chi connectivity index (χ1n) is 11.4. The minimum absolute atomic E-state index is 0.0611. The van der Waals surface area contributed by atoms with Gasteiger partial charge in [-0.05, 0) is 41.6 Å². The minimum atomic E-state index is -4.64. The van der Waals surface area contributed by atoms with Crippen LogP contribution < -0.4 is 5.32 Å². The van der Waals surface area contributed by atoms with Crippen molar-refractivity contribution < 1.29 is 27.6 Å². The van der Waals surface area contributed by atoms with Crippen molar-refractivity contribution in [3.63, 3.8) is 0 Å². The molecule has 4 rings (SSSR count). The van der Waals surface area contributed by atoms with E-state index in [2.05, 4.69) is 29.4 Å². The predicted molar refractivity (Wildman–Crippen MR) is 138 cm³/mol. The number of pyridine rings is 1. The Hall–Kier alpha value is -3.73. The first kappa shape index (κ1) is 27.9. The fourth-order valence-corrected chi connectivity index (χ4v) is 4.95. The van der Waals surface area contributed by atoms with Gasteiger partial charge >= 0.3 is 6.18 Å². The van der Waals surface area contributed by atoms with E-state index in [1.54, 1.807) is 46.5 Å². The highest BCUT2D eigenvalue weighted by Crippen LogP contribution is 2.31. The number of carbonyl (C=O) groups is 3. The van der Waals surface area contributed by atoms with Crippen LogP contribution in [0.15, 0.2) is 42.6 Å². The van der Waals surface area contributed by atoms with Crippen LogP contribution in [0.4, 0.5) is 19.0 Å². The highest BCUT2D eigenvalue weighted by atomic mass is 32.1. The zero-order chi connectivity index (χ0) is 27.2. The van der Waals surface area contributed by atoms with Crippen molar-refractivity contribution in [3.8, 4) is 0 Å². The maximum Gasteiger partial charge on any atom is 0.446 e. The molecule has 1 aromatic carbocycles. The summed E-state index contributed by atoms with van der Waals surface area (Å²) in [5.41, 5.74) is 3.02. The average molecular weight is 533 g/mol. The van der Waals surface area contributed by atoms with Gasteiger partial charge in [-0.3, -0.25) is 14.4 Å². The Morgan fingerprint density at radius 2 is 2.00 bits per heavy atom. The number of amides is 2. The topological polar surface area (TPSA) is 82.6 Å². The summed E-state index contributed by atoms with van der Waals surface area (Å²) in [4.78, 5) is 42.5. The Kier molecular flexibility index (Phi) is 9.04. The standard InChI is InChI=1S/C24H26N4O2S.C2HF3O/c1-16-19-6-4-5-7-20(19)31-21(16)15-28(3)22(29)9-8-17-12-18-14-27(2)23(30)10-11-25-24(18)26-13-17;3-2(4,5)1-6/h4-9,12-13H,10-11,14-15H2,1-3H3,(H,25,26);1H/b9-8+;. The van der Waals surface area contributed by atoms with Gasteiger partial charge in [0.15, 0.2) is 0 Å². The third-order valence-corrected chi connectivity index (χ3v) is 6.96. The number of aldehydes is 1. The van der Waals surface area contributed by atoms with E-state index in [1.165, 1.54) is 20.5 Å². The number of anilines is 1. The number of benzene rings is 1. The zero-order valence-electron chi connectivity index (χ0n) is 20.6. The van der Waals surface area contributed by atoms with Crippen LogP contribution in [0.25, 0.3) is 16.2 Å². The number of hydrogen-bond donors (Lipinski definition) is 1. The predicted octanol–water partition coefficient (Wildman–Crippen LogP) is 4.80. The maximum atomic E-state index is 12.7. The van der Waals surface area contributed by atoms with Gasteiger partial charge in [0.05, 0.1) is 6.54 Å². The van der Waals surface area contributed by atoms with Gasteiger partial charge in [0.25, 0.3) is 0 Å². The molecule has 0 unspecified atom stereocenters. The van der Waals surface area contributed by atoms with E-state index in [0.29, 0.717) is 26.1 Å². The molecular formula is C26H27F3N4O3S. The summed E-state index contributed by atoms with van der Waals surface area (Å²) in [6, 6.07) is 10.3. The number of aromatic nitrogens is 1. The Morgan fingerprint density at radius 3 is 2.68 bits per heavy atom. The summed E-state index contributed by atoms with van der Waals surface area (Å²) in [5.74, 6) is 0.835. The van der Waals surface area contributed by atoms with Crippen LogP contribution in [0.5, 0.6) is 0 Å². The molecule has 37 heavy (non-hydrogen) atoms. The van der Waals surface area contributed by atoms with Gasteiger partial charge in [-0.2, -0.15) is 13.2 Å². The lowest BCUT2D eigenvalue weighted by atomic mass is 10.1. The molecule has 0 radical (unpaired) electrons. The molecule has 0 spiro atoms. The molecule has 2 amide bonds. The molecule has 11 heteroatoms. The smallest absolute Gasteiger partial charge is 0.369 e. The van der Waals surface area contributed by atoms with Crippen LogP contribution in [0.2, 0.25) is 0 Å². The molecule has 0 fully saturated rings. The van der Waals surface area contributed by atoms with Gasteiger partial charge in [0, 0.05) is 61.0 Å². The van der Waals surface area contributed by atoms with E-state index < -0.39 is 12.5 Å². The summed E-state index contributed by atoms with van der Waals surface area (Å²) in [6.07, 6.45) is -0.136. The van der Waals surface area contributed by atoms with Gasteiger partial charge < -0.3 is 15.1 Å². The molecule has 1 aliphatic heterocycles. The molecule has 2 aromatic heterocycles. The van der Waals surface area contributed by atoms with E-state index in [-0.39, 0.29) is 11.8 Å². The van der Waals surface area contributed by atoms with Crippen molar-refractivity contribution in [2.75, 3.05) is 26.0 Å². The Balaban J connectivity index is 0.000000568. The highest BCUT2D eigenvalue weighted by Gasteiger charge is 2.25. The van der Waals surface area contributed by atoms with Crippen molar-refractivity contribution in [1.29, 1.82) is 0 Å². The van der Waals surface area contributed by atoms with E-state index in [9.17, 15) is 22.8 Å². The monoisotopic (exact) mass is 532 g/mol. The first-order valence-corrected chi connectivity index (χ1v) is 12.2. The van der Waals surface area contributed by atoms with Crippen molar-refractivity contribution in [1.82, 2.24) is 14.8 Å². The van der Waals surface area contributed by atoms with E-state index in [1.807, 2.05) is 25.2 Å². The van der Waals surface area contributed by atoms with Crippen LogP contribution in [0, 0.1) is 6.92 Å². The lowest BCUT2D eigenvalue weighted by Gasteiger charge is -2.23. The molecule has 0 bridgehead atoms. The second-order valence-electron chi connectivity index (χ2n) is 8.54. The molecule has 7 nitrogen and oxygen atoms in total. The Bertz CT molecular complexity index is 1320. The number of alkyl halides is 3. The van der Waals surface area contributed by atoms with Gasteiger partial charge in [0.1, 0.15) is 5.82 Å². The molecular weight excluding hydrogens is 505 g/mol. The molecule has 196 valence electrons. The van der Waals surface area contributed by atoms with Crippen LogP contribution in [-0.2, 0) is 27.5 Å². The first-order chi connectivity index (χ1) is 17.5. The number of likely N-dealkylation sites (N-methyl/N-ethyl adjacent to an activating group) is 1. The number of thiophene rings is 1. The second-order valence-corrected chi connectivity index (χ2v) is 9.67. The van der Waals surface area contributed by atoms with Crippen molar-refractivity contribution in [2.45, 2.75) is 32.6 Å². The number of nitrogens with one attached hydrogen (secondary N) is 1. The summed E-state index contributed by atoms with van der Waals surface area (Å²) in [6.45, 7) is 3.75. The lowest BCUT2D eigenvalue weighted by Crippen LogP contribution is -2.30. The van der Waals surface area contributed by atoms with Crippen LogP contribution in [0.3, 0.4) is 0 Å². The minimum Gasteiger partial charge on any atom is -0.369 e. The van der Waals surface area contributed by atoms with Gasteiger partial charge in [-0.15, -0.1) is 11.3 Å². The largest absolute Gasteiger partial charge is 0.446 e. The fraction of sp³-hybridized carbons (Fsp3) is 0.308. The van der Waals surface area contributed by atoms with Gasteiger partial charge in [0.2, 0.25) is 18.1 Å². The molecule has 1 N–H and O–H groups in total. The number of halogens is 3. The number of rotatable bonds is 4. The molecule has 0 aliphatic carbocycles. The molecule has 0 atom stereocenters. The van der Waals surface area contributed by atoms with Crippen LogP contribution in [-0.4, -0.2) is 59.7 Å². The number of carbonyl (C=O) groups excluding carboxylic acids is 3. The molecule has 3 aromatic rings. The van der Waals surface area contributed by atoms with Crippen molar-refractivity contribution in [3.05, 3.63) is 64.2 Å². The molecule has 1 aliphatic rings. The Labute approximate surface area is 216 Å². The number of hydrogen-bond acceptors (Lipinski definition) is 6. The molecule has 3 heterocycles. The Morgan fingerprint density at radius 1 is 1.30 bits per heavy atom. The number of fused-ring (bicyclic) bond motifs is 2. The van der Waals surface area contributed by atoms with E-state index in [0.717, 1.165) is 16.9 Å². The zero-order valence-corrected chi connectivity index (χ0v) is 21.4. The molecule has 0 saturated carbocycles. The molecule has 0 saturated heterocycles. The van der Waals surface area contributed by atoms with E-state index in [4.69, 9.17) is 4.79 Å². The normalized spacial score (nSPS) is 13.8. The second kappa shape index (κ2) is 12.0. The SMILES string of the molecule is Cc1c(CN(C)C(=O)/C=C/c2cnc3c(c2)CN(C)C(=O)CCN3)sc2ccccc12.O=CC(F)(F)F. The van der Waals surface area contributed by atoms with Crippen LogP contribution in [0.1, 0.15) is 28.0 Å². The van der Waals surface area contributed by atoms with Crippen molar-refractivity contribution >= 4 is 51.4 Å². The number of nitrogens with zero attached hydrogens (tertiary/aromatic N) is 3. The van der Waals surface area contributed by atoms with Gasteiger partial charge in [-0.1, -0.05) is 18.2 Å². The third-order valence-electron chi connectivity index (χ3n) is 5.70. The third kappa shape index (κ3) is 7.63.